The second kappa shape index (κ2) is 5.39. The summed E-state index contributed by atoms with van der Waals surface area (Å²) in [7, 11) is 0. The Morgan fingerprint density at radius 3 is 2.71 bits per heavy atom. The quantitative estimate of drug-likeness (QED) is 0.617. The molecule has 1 unspecified atom stereocenters. The zero-order valence-electron chi connectivity index (χ0n) is 12.2. The second-order valence-corrected chi connectivity index (χ2v) is 5.86. The molecule has 3 rings (SSSR count). The van der Waals surface area contributed by atoms with Crippen LogP contribution in [-0.2, 0) is 5.88 Å². The maximum atomic E-state index is 6.38. The number of imidazole rings is 1. The first-order valence-electron chi connectivity index (χ1n) is 6.81. The van der Waals surface area contributed by atoms with Crippen molar-refractivity contribution in [3.63, 3.8) is 0 Å². The number of aromatic nitrogens is 2. The van der Waals surface area contributed by atoms with Gasteiger partial charge in [0.2, 0.25) is 0 Å². The predicted molar refractivity (Wildman–Crippen MR) is 86.3 cm³/mol. The molecule has 0 saturated heterocycles. The van der Waals surface area contributed by atoms with E-state index in [0.717, 1.165) is 33.9 Å². The van der Waals surface area contributed by atoms with Gasteiger partial charge >= 0.3 is 0 Å². The third-order valence-electron chi connectivity index (χ3n) is 3.77. The number of hydrogen-bond donors (Lipinski definition) is 0. The Kier molecular flexibility index (Phi) is 3.72. The van der Waals surface area contributed by atoms with Gasteiger partial charge in [-0.2, -0.15) is 0 Å². The molecule has 0 N–H and O–H groups in total. The number of nitrogens with zero attached hydrogens (tertiary/aromatic N) is 2. The highest BCUT2D eigenvalue weighted by Gasteiger charge is 2.21. The van der Waals surface area contributed by atoms with Crippen LogP contribution in [0.3, 0.4) is 0 Å². The van der Waals surface area contributed by atoms with Crippen molar-refractivity contribution >= 4 is 34.2 Å². The van der Waals surface area contributed by atoms with E-state index in [1.54, 1.807) is 0 Å². The van der Waals surface area contributed by atoms with E-state index in [2.05, 4.69) is 22.5 Å². The van der Waals surface area contributed by atoms with Crippen LogP contribution in [0.15, 0.2) is 28.7 Å². The fourth-order valence-electron chi connectivity index (χ4n) is 2.87. The van der Waals surface area contributed by atoms with E-state index in [1.165, 1.54) is 0 Å². The summed E-state index contributed by atoms with van der Waals surface area (Å²) < 4.78 is 7.75. The molecule has 0 aliphatic heterocycles. The van der Waals surface area contributed by atoms with Crippen LogP contribution in [-0.4, -0.2) is 9.55 Å². The van der Waals surface area contributed by atoms with Gasteiger partial charge in [-0.3, -0.25) is 0 Å². The minimum Gasteiger partial charge on any atom is -0.466 e. The van der Waals surface area contributed by atoms with Crippen molar-refractivity contribution in [1.82, 2.24) is 9.55 Å². The molecule has 0 spiro atoms. The van der Waals surface area contributed by atoms with Gasteiger partial charge in [0.05, 0.1) is 28.0 Å². The number of fused-ring (bicyclic) bond motifs is 1. The first kappa shape index (κ1) is 14.5. The maximum absolute atomic E-state index is 6.38. The van der Waals surface area contributed by atoms with Crippen molar-refractivity contribution in [2.45, 2.75) is 32.7 Å². The molecule has 2 aromatic heterocycles. The van der Waals surface area contributed by atoms with E-state index in [0.29, 0.717) is 10.9 Å². The average molecular weight is 323 g/mol. The predicted octanol–water partition coefficient (Wildman–Crippen LogP) is 5.25. The molecule has 0 aliphatic carbocycles. The van der Waals surface area contributed by atoms with Crippen molar-refractivity contribution in [3.05, 3.63) is 52.2 Å². The number of alkyl halides is 1. The van der Waals surface area contributed by atoms with Crippen LogP contribution in [0.1, 0.15) is 35.9 Å². The molecule has 3 aromatic rings. The molecule has 2 heterocycles. The minimum absolute atomic E-state index is 0.0566. The summed E-state index contributed by atoms with van der Waals surface area (Å²) >= 11 is 12.5. The molecule has 0 amide bonds. The molecule has 110 valence electrons. The third kappa shape index (κ3) is 2.34. The lowest BCUT2D eigenvalue weighted by atomic mass is 10.1. The van der Waals surface area contributed by atoms with Crippen molar-refractivity contribution in [2.24, 2.45) is 0 Å². The highest BCUT2D eigenvalue weighted by Crippen LogP contribution is 2.33. The van der Waals surface area contributed by atoms with E-state index >= 15 is 0 Å². The molecule has 1 atom stereocenters. The maximum Gasteiger partial charge on any atom is 0.125 e. The molecular formula is C16H16Cl2N2O. The minimum atomic E-state index is 0.0566. The largest absolute Gasteiger partial charge is 0.466 e. The Morgan fingerprint density at radius 1 is 1.33 bits per heavy atom. The van der Waals surface area contributed by atoms with Crippen molar-refractivity contribution < 1.29 is 4.42 Å². The van der Waals surface area contributed by atoms with E-state index in [4.69, 9.17) is 27.6 Å². The number of benzene rings is 1. The summed E-state index contributed by atoms with van der Waals surface area (Å²) in [4.78, 5) is 4.59. The van der Waals surface area contributed by atoms with Crippen LogP contribution in [0.5, 0.6) is 0 Å². The Balaban J connectivity index is 2.25. The SMILES string of the molecule is Cc1cc(C(C)n2c(CCl)nc3cccc(Cl)c32)c(C)o1. The number of aryl methyl sites for hydroxylation is 2. The Bertz CT molecular complexity index is 804. The molecule has 0 aliphatic rings. The first-order chi connectivity index (χ1) is 10.0. The monoisotopic (exact) mass is 322 g/mol. The van der Waals surface area contributed by atoms with Gasteiger partial charge < -0.3 is 8.98 Å². The molecule has 3 nitrogen and oxygen atoms in total. The van der Waals surface area contributed by atoms with Gasteiger partial charge in [-0.05, 0) is 39.0 Å². The smallest absolute Gasteiger partial charge is 0.125 e. The number of furan rings is 1. The Morgan fingerprint density at radius 2 is 2.10 bits per heavy atom. The summed E-state index contributed by atoms with van der Waals surface area (Å²) in [5, 5.41) is 0.682. The Hall–Kier alpha value is -1.45. The zero-order chi connectivity index (χ0) is 15.1. The summed E-state index contributed by atoms with van der Waals surface area (Å²) in [6.45, 7) is 6.03. The number of para-hydroxylation sites is 1. The summed E-state index contributed by atoms with van der Waals surface area (Å²) in [5.41, 5.74) is 2.90. The number of halogens is 2. The van der Waals surface area contributed by atoms with Gasteiger partial charge in [0.15, 0.2) is 0 Å². The molecule has 21 heavy (non-hydrogen) atoms. The lowest BCUT2D eigenvalue weighted by molar-refractivity contribution is 0.494. The molecule has 0 bridgehead atoms. The van der Waals surface area contributed by atoms with Crippen LogP contribution in [0.25, 0.3) is 11.0 Å². The van der Waals surface area contributed by atoms with Crippen LogP contribution < -0.4 is 0 Å². The fraction of sp³-hybridized carbons (Fsp3) is 0.312. The first-order valence-corrected chi connectivity index (χ1v) is 7.72. The fourth-order valence-corrected chi connectivity index (χ4v) is 3.32. The molecule has 1 aromatic carbocycles. The normalized spacial score (nSPS) is 13.0. The Labute approximate surface area is 133 Å². The van der Waals surface area contributed by atoms with Crippen LogP contribution >= 0.6 is 23.2 Å². The average Bonchev–Trinajstić information content (AvgIpc) is 2.98. The standard InChI is InChI=1S/C16H16Cl2N2O/c1-9-7-12(11(3)21-9)10(2)20-15(8-17)19-14-6-4-5-13(18)16(14)20/h4-7,10H,8H2,1-3H3. The molecule has 5 heteroatoms. The highest BCUT2D eigenvalue weighted by molar-refractivity contribution is 6.35. The van der Waals surface area contributed by atoms with Gasteiger partial charge in [0.1, 0.15) is 17.3 Å². The number of hydrogen-bond acceptors (Lipinski definition) is 2. The molecule has 0 radical (unpaired) electrons. The number of rotatable bonds is 3. The lowest BCUT2D eigenvalue weighted by Crippen LogP contribution is -2.10. The summed E-state index contributed by atoms with van der Waals surface area (Å²) in [5.74, 6) is 2.96. The topological polar surface area (TPSA) is 31.0 Å². The second-order valence-electron chi connectivity index (χ2n) is 5.18. The van der Waals surface area contributed by atoms with Gasteiger partial charge in [-0.1, -0.05) is 17.7 Å². The van der Waals surface area contributed by atoms with Gasteiger partial charge in [-0.15, -0.1) is 11.6 Å². The van der Waals surface area contributed by atoms with Crippen molar-refractivity contribution in [3.8, 4) is 0 Å². The van der Waals surface area contributed by atoms with Crippen LogP contribution in [0.2, 0.25) is 5.02 Å². The third-order valence-corrected chi connectivity index (χ3v) is 4.31. The van der Waals surface area contributed by atoms with Crippen molar-refractivity contribution in [1.29, 1.82) is 0 Å². The highest BCUT2D eigenvalue weighted by atomic mass is 35.5. The zero-order valence-corrected chi connectivity index (χ0v) is 13.7. The van der Waals surface area contributed by atoms with E-state index < -0.39 is 0 Å². The van der Waals surface area contributed by atoms with E-state index in [-0.39, 0.29) is 6.04 Å². The van der Waals surface area contributed by atoms with Crippen LogP contribution in [0, 0.1) is 13.8 Å². The lowest BCUT2D eigenvalue weighted by Gasteiger charge is -2.17. The van der Waals surface area contributed by atoms with E-state index in [9.17, 15) is 0 Å². The summed E-state index contributed by atoms with van der Waals surface area (Å²) in [6, 6.07) is 7.84. The van der Waals surface area contributed by atoms with Gasteiger partial charge in [0, 0.05) is 5.56 Å². The van der Waals surface area contributed by atoms with Crippen LogP contribution in [0.4, 0.5) is 0 Å². The van der Waals surface area contributed by atoms with Crippen molar-refractivity contribution in [2.75, 3.05) is 0 Å². The summed E-state index contributed by atoms with van der Waals surface area (Å²) in [6.07, 6.45) is 0. The van der Waals surface area contributed by atoms with Gasteiger partial charge in [0.25, 0.3) is 0 Å². The molecule has 0 fully saturated rings. The van der Waals surface area contributed by atoms with Gasteiger partial charge in [-0.25, -0.2) is 4.98 Å². The molecular weight excluding hydrogens is 307 g/mol. The van der Waals surface area contributed by atoms with E-state index in [1.807, 2.05) is 32.0 Å². The molecule has 0 saturated carbocycles.